The molecule has 5 heterocycles. The minimum Gasteiger partial charge on any atom is -0.483 e. The summed E-state index contributed by atoms with van der Waals surface area (Å²) in [6.45, 7) is 0.0700. The molecule has 9 heteroatoms. The van der Waals surface area contributed by atoms with Crippen molar-refractivity contribution in [3.05, 3.63) is 127 Å². The van der Waals surface area contributed by atoms with Gasteiger partial charge in [0.2, 0.25) is 0 Å². The van der Waals surface area contributed by atoms with Crippen LogP contribution in [0.4, 0.5) is 9.18 Å². The largest absolute Gasteiger partial charge is 0.483 e. The first-order valence-electron chi connectivity index (χ1n) is 15.1. The quantitative estimate of drug-likeness (QED) is 0.194. The third-order valence-corrected chi connectivity index (χ3v) is 8.37. The van der Waals surface area contributed by atoms with Crippen LogP contribution >= 0.6 is 0 Å². The van der Waals surface area contributed by atoms with E-state index in [2.05, 4.69) is 9.97 Å². The number of carbonyl (C=O) groups excluding carboxylic acids is 1. The van der Waals surface area contributed by atoms with Crippen molar-refractivity contribution in [3.63, 3.8) is 0 Å². The number of para-hydroxylation sites is 1. The van der Waals surface area contributed by atoms with Gasteiger partial charge < -0.3 is 14.4 Å². The number of halogens is 1. The maximum Gasteiger partial charge on any atom is 0.410 e. The second-order valence-electron chi connectivity index (χ2n) is 11.4. The Morgan fingerprint density at radius 1 is 0.848 bits per heavy atom. The summed E-state index contributed by atoms with van der Waals surface area (Å²) in [4.78, 5) is 28.0. The first-order chi connectivity index (χ1) is 22.6. The van der Waals surface area contributed by atoms with Crippen LogP contribution in [-0.4, -0.2) is 55.7 Å². The predicted octanol–water partition coefficient (Wildman–Crippen LogP) is 7.50. The van der Waals surface area contributed by atoms with Crippen LogP contribution in [0, 0.1) is 0 Å². The van der Waals surface area contributed by atoms with E-state index in [0.29, 0.717) is 17.0 Å². The van der Waals surface area contributed by atoms with Gasteiger partial charge >= 0.3 is 6.09 Å². The van der Waals surface area contributed by atoms with Crippen LogP contribution in [0.15, 0.2) is 122 Å². The zero-order valence-electron chi connectivity index (χ0n) is 24.7. The van der Waals surface area contributed by atoms with Crippen molar-refractivity contribution in [2.24, 2.45) is 0 Å². The lowest BCUT2D eigenvalue weighted by molar-refractivity contribution is 0.0992. The Kier molecular flexibility index (Phi) is 6.98. The van der Waals surface area contributed by atoms with Crippen LogP contribution in [0.2, 0.25) is 0 Å². The molecule has 1 aliphatic rings. The number of ether oxygens (including phenoxy) is 2. The molecule has 0 aliphatic carbocycles. The number of alkyl halides is 1. The van der Waals surface area contributed by atoms with Crippen molar-refractivity contribution >= 4 is 33.4 Å². The van der Waals surface area contributed by atoms with Crippen molar-refractivity contribution in [2.45, 2.75) is 18.9 Å². The Bertz CT molecular complexity index is 2220. The van der Waals surface area contributed by atoms with Gasteiger partial charge in [-0.15, -0.1) is 0 Å². The van der Waals surface area contributed by atoms with E-state index >= 15 is 4.39 Å². The minimum absolute atomic E-state index is 0.0698. The number of hydrogen-bond acceptors (Lipinski definition) is 6. The SMILES string of the molecule is O=C(OCc1ccc2ccccc2c1)N1C[C@H](F)[C@H](Oc2cccc3ccc(-c4cnc5cc(-c6cccnc6)ccn45)nc23)C1. The van der Waals surface area contributed by atoms with Gasteiger partial charge in [-0.3, -0.25) is 9.38 Å². The van der Waals surface area contributed by atoms with E-state index < -0.39 is 18.4 Å². The molecule has 0 bridgehead atoms. The molecule has 0 saturated carbocycles. The van der Waals surface area contributed by atoms with Crippen LogP contribution in [0.3, 0.4) is 0 Å². The molecular formula is C37H28FN5O3. The second-order valence-corrected chi connectivity index (χ2v) is 11.4. The van der Waals surface area contributed by atoms with Gasteiger partial charge in [0, 0.05) is 29.5 Å². The molecule has 3 aromatic carbocycles. The molecule has 1 aliphatic heterocycles. The molecule has 1 fully saturated rings. The van der Waals surface area contributed by atoms with Crippen LogP contribution in [-0.2, 0) is 11.3 Å². The third kappa shape index (κ3) is 5.26. The molecule has 0 unspecified atom stereocenters. The molecule has 0 radical (unpaired) electrons. The zero-order valence-corrected chi connectivity index (χ0v) is 24.7. The summed E-state index contributed by atoms with van der Waals surface area (Å²) in [5, 5.41) is 3.04. The van der Waals surface area contributed by atoms with Gasteiger partial charge in [-0.1, -0.05) is 60.7 Å². The number of fused-ring (bicyclic) bond motifs is 3. The number of likely N-dealkylation sites (tertiary alicyclic amines) is 1. The number of carbonyl (C=O) groups is 1. The number of rotatable bonds is 6. The van der Waals surface area contributed by atoms with Gasteiger partial charge in [-0.25, -0.2) is 19.2 Å². The van der Waals surface area contributed by atoms with E-state index in [1.165, 1.54) is 4.90 Å². The fourth-order valence-electron chi connectivity index (χ4n) is 5.96. The molecule has 0 spiro atoms. The van der Waals surface area contributed by atoms with E-state index in [1.807, 2.05) is 108 Å². The first-order valence-corrected chi connectivity index (χ1v) is 15.1. The van der Waals surface area contributed by atoms with E-state index in [-0.39, 0.29) is 19.7 Å². The molecule has 2 atom stereocenters. The highest BCUT2D eigenvalue weighted by atomic mass is 19.1. The third-order valence-electron chi connectivity index (χ3n) is 8.37. The molecule has 4 aromatic heterocycles. The lowest BCUT2D eigenvalue weighted by Gasteiger charge is -2.18. The Hall–Kier alpha value is -5.83. The summed E-state index contributed by atoms with van der Waals surface area (Å²) in [6, 6.07) is 31.3. The lowest BCUT2D eigenvalue weighted by atomic mass is 10.1. The predicted molar refractivity (Wildman–Crippen MR) is 174 cm³/mol. The fraction of sp³-hybridized carbons (Fsp3) is 0.135. The maximum atomic E-state index is 15.2. The number of aromatic nitrogens is 4. The highest BCUT2D eigenvalue weighted by Gasteiger charge is 2.38. The van der Waals surface area contributed by atoms with E-state index in [4.69, 9.17) is 14.5 Å². The highest BCUT2D eigenvalue weighted by molar-refractivity contribution is 5.87. The average molecular weight is 610 g/mol. The summed E-state index contributed by atoms with van der Waals surface area (Å²) < 4.78 is 29.0. The van der Waals surface area contributed by atoms with Gasteiger partial charge in [0.15, 0.2) is 6.17 Å². The van der Waals surface area contributed by atoms with Gasteiger partial charge in [-0.2, -0.15) is 0 Å². The number of pyridine rings is 3. The van der Waals surface area contributed by atoms with Crippen LogP contribution in [0.5, 0.6) is 5.75 Å². The normalized spacial score (nSPS) is 16.3. The Morgan fingerprint density at radius 2 is 1.72 bits per heavy atom. The number of benzene rings is 3. The number of amides is 1. The standard InChI is InChI=1S/C37H28FN5O3/c38-30-21-42(37(44)45-23-24-10-11-25-5-1-2-6-27(25)17-24)22-34(30)46-33-9-3-7-26-12-13-31(41-36(26)33)32-20-40-35-18-28(14-16-43(32)35)29-8-4-15-39-19-29/h1-20,30,34H,21-23H2/t30-,34+/m0/s1. The monoisotopic (exact) mass is 609 g/mol. The fourth-order valence-corrected chi connectivity index (χ4v) is 5.96. The molecule has 0 N–H and O–H groups in total. The number of nitrogens with zero attached hydrogens (tertiary/aromatic N) is 5. The zero-order chi connectivity index (χ0) is 31.0. The summed E-state index contributed by atoms with van der Waals surface area (Å²) in [6.07, 6.45) is 4.52. The van der Waals surface area contributed by atoms with Gasteiger partial charge in [-0.05, 0) is 58.3 Å². The Morgan fingerprint density at radius 3 is 2.61 bits per heavy atom. The van der Waals surface area contributed by atoms with Crippen LogP contribution in [0.25, 0.3) is 49.8 Å². The van der Waals surface area contributed by atoms with Crippen molar-refractivity contribution in [3.8, 4) is 28.3 Å². The summed E-state index contributed by atoms with van der Waals surface area (Å²) in [5.41, 5.74) is 5.79. The van der Waals surface area contributed by atoms with Crippen molar-refractivity contribution < 1.29 is 18.7 Å². The molecule has 7 aromatic rings. The minimum atomic E-state index is -1.38. The van der Waals surface area contributed by atoms with Gasteiger partial charge in [0.05, 0.1) is 30.7 Å². The number of hydrogen-bond donors (Lipinski definition) is 0. The van der Waals surface area contributed by atoms with Crippen molar-refractivity contribution in [1.29, 1.82) is 0 Å². The Labute approximate surface area is 263 Å². The summed E-state index contributed by atoms with van der Waals surface area (Å²) in [5.74, 6) is 0.450. The van der Waals surface area contributed by atoms with Gasteiger partial charge in [0.1, 0.15) is 29.6 Å². The van der Waals surface area contributed by atoms with Crippen molar-refractivity contribution in [2.75, 3.05) is 13.1 Å². The molecule has 1 amide bonds. The molecule has 8 rings (SSSR count). The topological polar surface area (TPSA) is 81.8 Å². The van der Waals surface area contributed by atoms with E-state index in [0.717, 1.165) is 44.2 Å². The van der Waals surface area contributed by atoms with E-state index in [9.17, 15) is 4.79 Å². The Balaban J connectivity index is 0.991. The molecule has 226 valence electrons. The van der Waals surface area contributed by atoms with Crippen LogP contribution < -0.4 is 4.74 Å². The van der Waals surface area contributed by atoms with Gasteiger partial charge in [0.25, 0.3) is 0 Å². The molecule has 8 nitrogen and oxygen atoms in total. The van der Waals surface area contributed by atoms with Crippen LogP contribution in [0.1, 0.15) is 5.56 Å². The molecular weight excluding hydrogens is 581 g/mol. The second kappa shape index (κ2) is 11.6. The highest BCUT2D eigenvalue weighted by Crippen LogP contribution is 2.31. The maximum absolute atomic E-state index is 15.2. The molecule has 1 saturated heterocycles. The average Bonchev–Trinajstić information content (AvgIpc) is 3.70. The lowest BCUT2D eigenvalue weighted by Crippen LogP contribution is -2.31. The number of imidazole rings is 1. The first kappa shape index (κ1) is 27.7. The summed E-state index contributed by atoms with van der Waals surface area (Å²) >= 11 is 0. The summed E-state index contributed by atoms with van der Waals surface area (Å²) in [7, 11) is 0. The smallest absolute Gasteiger partial charge is 0.410 e. The molecule has 46 heavy (non-hydrogen) atoms. The van der Waals surface area contributed by atoms with Crippen molar-refractivity contribution in [1.82, 2.24) is 24.3 Å². The van der Waals surface area contributed by atoms with E-state index in [1.54, 1.807) is 18.5 Å².